The van der Waals surface area contributed by atoms with Crippen LogP contribution in [-0.2, 0) is 0 Å². The molecule has 0 spiro atoms. The van der Waals surface area contributed by atoms with Gasteiger partial charge in [-0.25, -0.2) is 4.39 Å². The van der Waals surface area contributed by atoms with E-state index >= 15 is 0 Å². The Morgan fingerprint density at radius 3 is 2.45 bits per heavy atom. The van der Waals surface area contributed by atoms with Crippen molar-refractivity contribution < 1.29 is 4.39 Å². The highest BCUT2D eigenvalue weighted by atomic mass is 19.1. The molecule has 1 N–H and O–H groups in total. The fourth-order valence-corrected chi connectivity index (χ4v) is 5.61. The number of hydrogen-bond donors (Lipinski definition) is 1. The van der Waals surface area contributed by atoms with Crippen LogP contribution < -0.4 is 5.32 Å². The summed E-state index contributed by atoms with van der Waals surface area (Å²) in [5, 5.41) is 3.91. The number of hydrogen-bond acceptors (Lipinski definition) is 1. The van der Waals surface area contributed by atoms with Crippen LogP contribution in [0.1, 0.15) is 43.6 Å². The molecule has 4 fully saturated rings. The second kappa shape index (κ2) is 4.07. The van der Waals surface area contributed by atoms with E-state index in [1.807, 2.05) is 6.07 Å². The SMILES string of the molecule is Fc1cccc(C2CC(NC3C4C5CCC(C5)C34)C2)c1. The third kappa shape index (κ3) is 1.64. The molecule has 1 nitrogen and oxygen atoms in total. The summed E-state index contributed by atoms with van der Waals surface area (Å²) >= 11 is 0. The minimum absolute atomic E-state index is 0.0905. The zero-order chi connectivity index (χ0) is 13.3. The molecule has 4 aliphatic carbocycles. The molecule has 1 aromatic rings. The van der Waals surface area contributed by atoms with E-state index in [0.717, 1.165) is 29.7 Å². The Morgan fingerprint density at radius 2 is 1.75 bits per heavy atom. The van der Waals surface area contributed by atoms with E-state index in [9.17, 15) is 4.39 Å². The highest BCUT2D eigenvalue weighted by molar-refractivity contribution is 5.25. The van der Waals surface area contributed by atoms with E-state index < -0.39 is 0 Å². The van der Waals surface area contributed by atoms with Gasteiger partial charge in [0.15, 0.2) is 0 Å². The van der Waals surface area contributed by atoms with E-state index in [1.165, 1.54) is 37.7 Å². The summed E-state index contributed by atoms with van der Waals surface area (Å²) in [7, 11) is 0. The molecule has 0 amide bonds. The van der Waals surface area contributed by atoms with Gasteiger partial charge in [-0.3, -0.25) is 0 Å². The Bertz CT molecular complexity index is 520. The highest BCUT2D eigenvalue weighted by Gasteiger charge is 2.65. The van der Waals surface area contributed by atoms with Crippen molar-refractivity contribution in [2.75, 3.05) is 0 Å². The molecular weight excluding hydrogens is 249 g/mol. The monoisotopic (exact) mass is 271 g/mol. The van der Waals surface area contributed by atoms with Gasteiger partial charge < -0.3 is 5.32 Å². The summed E-state index contributed by atoms with van der Waals surface area (Å²) in [6, 6.07) is 8.72. The van der Waals surface area contributed by atoms with Crippen LogP contribution in [0.5, 0.6) is 0 Å². The average Bonchev–Trinajstić information content (AvgIpc) is 2.78. The van der Waals surface area contributed by atoms with Gasteiger partial charge in [0.05, 0.1) is 0 Å². The lowest BCUT2D eigenvalue weighted by molar-refractivity contribution is 0.271. The molecule has 2 bridgehead atoms. The maximum absolute atomic E-state index is 13.2. The van der Waals surface area contributed by atoms with Crippen molar-refractivity contribution in [3.05, 3.63) is 35.6 Å². The normalized spacial score (nSPS) is 48.0. The molecule has 4 aliphatic rings. The quantitative estimate of drug-likeness (QED) is 0.883. The van der Waals surface area contributed by atoms with Crippen LogP contribution in [0, 0.1) is 29.5 Å². The van der Waals surface area contributed by atoms with Crippen molar-refractivity contribution in [2.45, 2.75) is 50.1 Å². The molecule has 106 valence electrons. The van der Waals surface area contributed by atoms with Gasteiger partial charge in [0, 0.05) is 12.1 Å². The average molecular weight is 271 g/mol. The van der Waals surface area contributed by atoms with Gasteiger partial charge in [-0.05, 0) is 79.4 Å². The van der Waals surface area contributed by atoms with Crippen molar-refractivity contribution in [3.63, 3.8) is 0 Å². The van der Waals surface area contributed by atoms with E-state index in [2.05, 4.69) is 11.4 Å². The van der Waals surface area contributed by atoms with Crippen LogP contribution in [-0.4, -0.2) is 12.1 Å². The molecule has 2 heteroatoms. The highest BCUT2D eigenvalue weighted by Crippen LogP contribution is 2.66. The van der Waals surface area contributed by atoms with Crippen molar-refractivity contribution in [1.82, 2.24) is 5.32 Å². The smallest absolute Gasteiger partial charge is 0.123 e. The van der Waals surface area contributed by atoms with Crippen LogP contribution in [0.3, 0.4) is 0 Å². The Balaban J connectivity index is 1.18. The molecule has 0 aromatic heterocycles. The minimum atomic E-state index is -0.0905. The Kier molecular flexibility index (Phi) is 2.39. The maximum atomic E-state index is 13.2. The molecular formula is C18H22FN. The molecule has 4 atom stereocenters. The molecule has 0 aliphatic heterocycles. The number of nitrogens with one attached hydrogen (secondary N) is 1. The predicted molar refractivity (Wildman–Crippen MR) is 76.9 cm³/mol. The molecule has 0 saturated heterocycles. The van der Waals surface area contributed by atoms with Crippen LogP contribution in [0.15, 0.2) is 24.3 Å². The van der Waals surface area contributed by atoms with E-state index in [4.69, 9.17) is 0 Å². The Hall–Kier alpha value is -0.890. The van der Waals surface area contributed by atoms with Gasteiger partial charge in [-0.15, -0.1) is 0 Å². The lowest BCUT2D eigenvalue weighted by Crippen LogP contribution is -2.42. The van der Waals surface area contributed by atoms with Gasteiger partial charge in [0.1, 0.15) is 5.82 Å². The van der Waals surface area contributed by atoms with Gasteiger partial charge in [0.25, 0.3) is 0 Å². The van der Waals surface area contributed by atoms with E-state index in [1.54, 1.807) is 12.1 Å². The fourth-order valence-electron chi connectivity index (χ4n) is 5.61. The van der Waals surface area contributed by atoms with Gasteiger partial charge in [0.2, 0.25) is 0 Å². The lowest BCUT2D eigenvalue weighted by atomic mass is 9.75. The first-order valence-corrected chi connectivity index (χ1v) is 8.31. The molecule has 4 saturated carbocycles. The number of benzene rings is 1. The van der Waals surface area contributed by atoms with E-state index in [0.29, 0.717) is 12.0 Å². The van der Waals surface area contributed by atoms with Crippen LogP contribution in [0.2, 0.25) is 0 Å². The number of rotatable bonds is 3. The molecule has 1 aromatic carbocycles. The molecule has 0 heterocycles. The van der Waals surface area contributed by atoms with Gasteiger partial charge >= 0.3 is 0 Å². The first-order valence-electron chi connectivity index (χ1n) is 8.31. The van der Waals surface area contributed by atoms with Crippen LogP contribution >= 0.6 is 0 Å². The second-order valence-electron chi connectivity index (χ2n) is 7.60. The third-order valence-corrected chi connectivity index (χ3v) is 6.62. The fraction of sp³-hybridized carbons (Fsp3) is 0.667. The molecule has 20 heavy (non-hydrogen) atoms. The molecule has 0 radical (unpaired) electrons. The van der Waals surface area contributed by atoms with Crippen molar-refractivity contribution in [1.29, 1.82) is 0 Å². The minimum Gasteiger partial charge on any atom is -0.311 e. The third-order valence-electron chi connectivity index (χ3n) is 6.62. The molecule has 5 rings (SSSR count). The summed E-state index contributed by atoms with van der Waals surface area (Å²) in [5.41, 5.74) is 1.19. The lowest BCUT2D eigenvalue weighted by Gasteiger charge is -2.37. The van der Waals surface area contributed by atoms with Crippen LogP contribution in [0.25, 0.3) is 0 Å². The van der Waals surface area contributed by atoms with E-state index in [-0.39, 0.29) is 5.82 Å². The first kappa shape index (κ1) is 11.7. The largest absolute Gasteiger partial charge is 0.311 e. The second-order valence-corrected chi connectivity index (χ2v) is 7.60. The maximum Gasteiger partial charge on any atom is 0.123 e. The zero-order valence-electron chi connectivity index (χ0n) is 11.8. The van der Waals surface area contributed by atoms with Crippen LogP contribution in [0.4, 0.5) is 4.39 Å². The number of fused-ring (bicyclic) bond motifs is 5. The summed E-state index contributed by atoms with van der Waals surface area (Å²) in [5.74, 6) is 4.66. The standard InChI is InChI=1S/C18H22FN/c19-14-3-1-2-10(7-14)13-8-15(9-13)20-18-16-11-4-5-12(6-11)17(16)18/h1-3,7,11-13,15-18,20H,4-6,8-9H2. The van der Waals surface area contributed by atoms with Gasteiger partial charge in [-0.1, -0.05) is 12.1 Å². The topological polar surface area (TPSA) is 12.0 Å². The Labute approximate surface area is 120 Å². The first-order chi connectivity index (χ1) is 9.79. The summed E-state index contributed by atoms with van der Waals surface area (Å²) < 4.78 is 13.2. The molecule has 4 unspecified atom stereocenters. The summed E-state index contributed by atoms with van der Waals surface area (Å²) in [6.07, 6.45) is 6.94. The predicted octanol–water partition coefficient (Wildman–Crippen LogP) is 3.71. The zero-order valence-corrected chi connectivity index (χ0v) is 11.8. The van der Waals surface area contributed by atoms with Crippen molar-refractivity contribution in [3.8, 4) is 0 Å². The van der Waals surface area contributed by atoms with Crippen molar-refractivity contribution in [2.24, 2.45) is 23.7 Å². The summed E-state index contributed by atoms with van der Waals surface area (Å²) in [4.78, 5) is 0. The Morgan fingerprint density at radius 1 is 1.00 bits per heavy atom. The van der Waals surface area contributed by atoms with Gasteiger partial charge in [-0.2, -0.15) is 0 Å². The number of halogens is 1. The summed E-state index contributed by atoms with van der Waals surface area (Å²) in [6.45, 7) is 0. The van der Waals surface area contributed by atoms with Crippen molar-refractivity contribution >= 4 is 0 Å².